The number of hydrogen-bond acceptors (Lipinski definition) is 3. The quantitative estimate of drug-likeness (QED) is 0.549. The Labute approximate surface area is 170 Å². The second-order valence-corrected chi connectivity index (χ2v) is 7.44. The lowest BCUT2D eigenvalue weighted by Crippen LogP contribution is -2.27. The molecular weight excluding hydrogens is 360 g/mol. The molecule has 0 unspecified atom stereocenters. The highest BCUT2D eigenvalue weighted by Crippen LogP contribution is 2.23. The number of benzene rings is 2. The molecule has 0 radical (unpaired) electrons. The van der Waals surface area contributed by atoms with E-state index in [0.29, 0.717) is 17.8 Å². The first-order chi connectivity index (χ1) is 14.0. The van der Waals surface area contributed by atoms with Crippen molar-refractivity contribution in [2.24, 2.45) is 0 Å². The van der Waals surface area contributed by atoms with Crippen LogP contribution in [0.1, 0.15) is 39.9 Å². The minimum absolute atomic E-state index is 0.160. The third-order valence-corrected chi connectivity index (χ3v) is 5.39. The summed E-state index contributed by atoms with van der Waals surface area (Å²) in [5.41, 5.74) is 6.66. The average molecular weight is 384 g/mol. The molecule has 2 heterocycles. The van der Waals surface area contributed by atoms with Gasteiger partial charge in [0, 0.05) is 18.3 Å². The maximum absolute atomic E-state index is 12.8. The maximum Gasteiger partial charge on any atom is 0.256 e. The molecule has 4 aromatic rings. The van der Waals surface area contributed by atoms with Crippen molar-refractivity contribution in [3.63, 3.8) is 0 Å². The smallest absolute Gasteiger partial charge is 0.256 e. The first kappa shape index (κ1) is 18.9. The molecule has 0 saturated carbocycles. The van der Waals surface area contributed by atoms with Crippen molar-refractivity contribution in [3.8, 4) is 11.3 Å². The summed E-state index contributed by atoms with van der Waals surface area (Å²) in [6, 6.07) is 18.4. The zero-order valence-corrected chi connectivity index (χ0v) is 16.9. The highest BCUT2D eigenvalue weighted by atomic mass is 16.1. The molecule has 29 heavy (non-hydrogen) atoms. The van der Waals surface area contributed by atoms with E-state index in [0.717, 1.165) is 11.3 Å². The maximum atomic E-state index is 12.8. The molecule has 0 aliphatic carbocycles. The summed E-state index contributed by atoms with van der Waals surface area (Å²) in [6.07, 6.45) is 3.32. The van der Waals surface area contributed by atoms with E-state index in [4.69, 9.17) is 0 Å². The number of hydrogen-bond donors (Lipinski definition) is 1. The molecule has 0 spiro atoms. The van der Waals surface area contributed by atoms with Gasteiger partial charge >= 0.3 is 0 Å². The van der Waals surface area contributed by atoms with Crippen LogP contribution < -0.4 is 5.32 Å². The van der Waals surface area contributed by atoms with Gasteiger partial charge in [0.05, 0.1) is 11.9 Å². The molecule has 1 atom stereocenters. The Morgan fingerprint density at radius 2 is 1.86 bits per heavy atom. The van der Waals surface area contributed by atoms with Crippen molar-refractivity contribution >= 4 is 11.6 Å². The summed E-state index contributed by atoms with van der Waals surface area (Å²) >= 11 is 0. The monoisotopic (exact) mass is 384 g/mol. The Balaban J connectivity index is 1.59. The Hall–Kier alpha value is -3.47. The number of nitrogens with zero attached hydrogens (tertiary/aromatic N) is 3. The molecule has 5 heteroatoms. The summed E-state index contributed by atoms with van der Waals surface area (Å²) in [7, 11) is 0. The van der Waals surface area contributed by atoms with E-state index < -0.39 is 0 Å². The van der Waals surface area contributed by atoms with Gasteiger partial charge < -0.3 is 5.32 Å². The fraction of sp³-hybridized carbons (Fsp3) is 0.208. The largest absolute Gasteiger partial charge is 0.351 e. The van der Waals surface area contributed by atoms with Crippen LogP contribution in [0.25, 0.3) is 16.9 Å². The molecule has 2 aromatic carbocycles. The van der Waals surface area contributed by atoms with Crippen LogP contribution in [0.4, 0.5) is 0 Å². The van der Waals surface area contributed by atoms with Gasteiger partial charge in [-0.3, -0.25) is 4.79 Å². The number of nitrogens with one attached hydrogen (secondary N) is 1. The van der Waals surface area contributed by atoms with E-state index in [1.54, 1.807) is 16.9 Å². The molecule has 2 aromatic heterocycles. The second-order valence-electron chi connectivity index (χ2n) is 7.44. The lowest BCUT2D eigenvalue weighted by molar-refractivity contribution is 0.0953. The van der Waals surface area contributed by atoms with Gasteiger partial charge in [0.2, 0.25) is 0 Å². The first-order valence-electron chi connectivity index (χ1n) is 9.78. The number of carbonyl (C=O) groups is 1. The molecule has 0 fully saturated rings. The lowest BCUT2D eigenvalue weighted by atomic mass is 10.0. The van der Waals surface area contributed by atoms with Gasteiger partial charge in [0.1, 0.15) is 5.56 Å². The predicted molar refractivity (Wildman–Crippen MR) is 115 cm³/mol. The number of fused-ring (bicyclic) bond motifs is 1. The van der Waals surface area contributed by atoms with Crippen molar-refractivity contribution in [1.29, 1.82) is 0 Å². The van der Waals surface area contributed by atoms with Gasteiger partial charge in [-0.2, -0.15) is 5.10 Å². The van der Waals surface area contributed by atoms with E-state index in [1.165, 1.54) is 16.7 Å². The van der Waals surface area contributed by atoms with Crippen LogP contribution in [0.5, 0.6) is 0 Å². The fourth-order valence-electron chi connectivity index (χ4n) is 3.41. The number of aryl methyl sites for hydroxylation is 2. The summed E-state index contributed by atoms with van der Waals surface area (Å²) in [6.45, 7) is 6.83. The minimum atomic E-state index is -0.160. The van der Waals surface area contributed by atoms with Crippen molar-refractivity contribution in [3.05, 3.63) is 89.2 Å². The lowest BCUT2D eigenvalue weighted by Gasteiger charge is -2.12. The second kappa shape index (κ2) is 7.87. The molecule has 146 valence electrons. The van der Waals surface area contributed by atoms with Gasteiger partial charge in [0.25, 0.3) is 5.91 Å². The summed E-state index contributed by atoms with van der Waals surface area (Å²) < 4.78 is 1.74. The van der Waals surface area contributed by atoms with Crippen molar-refractivity contribution < 1.29 is 4.79 Å². The molecule has 1 N–H and O–H groups in total. The van der Waals surface area contributed by atoms with Crippen molar-refractivity contribution in [1.82, 2.24) is 19.9 Å². The average Bonchev–Trinajstić information content (AvgIpc) is 3.19. The van der Waals surface area contributed by atoms with Gasteiger partial charge in [-0.05, 0) is 48.6 Å². The number of carbonyl (C=O) groups excluding carboxylic acids is 1. The van der Waals surface area contributed by atoms with Gasteiger partial charge in [-0.15, -0.1) is 0 Å². The van der Waals surface area contributed by atoms with Gasteiger partial charge in [0.15, 0.2) is 5.65 Å². The molecule has 0 bridgehead atoms. The molecule has 5 nitrogen and oxygen atoms in total. The van der Waals surface area contributed by atoms with E-state index in [2.05, 4.69) is 66.5 Å². The van der Waals surface area contributed by atoms with E-state index in [1.807, 2.05) is 24.3 Å². The first-order valence-corrected chi connectivity index (χ1v) is 9.78. The fourth-order valence-corrected chi connectivity index (χ4v) is 3.41. The van der Waals surface area contributed by atoms with Crippen LogP contribution in [0.3, 0.4) is 0 Å². The Morgan fingerprint density at radius 1 is 1.07 bits per heavy atom. The summed E-state index contributed by atoms with van der Waals surface area (Å²) in [4.78, 5) is 17.2. The molecule has 1 amide bonds. The molecular formula is C24H24N4O. The van der Waals surface area contributed by atoms with E-state index in [-0.39, 0.29) is 11.8 Å². The van der Waals surface area contributed by atoms with Crippen molar-refractivity contribution in [2.75, 3.05) is 6.54 Å². The highest BCUT2D eigenvalue weighted by molar-refractivity contribution is 5.99. The zero-order valence-electron chi connectivity index (χ0n) is 16.9. The molecule has 0 aliphatic heterocycles. The summed E-state index contributed by atoms with van der Waals surface area (Å²) in [5.74, 6) is 0.0635. The topological polar surface area (TPSA) is 59.3 Å². The third kappa shape index (κ3) is 3.76. The van der Waals surface area contributed by atoms with E-state index >= 15 is 0 Å². The zero-order chi connectivity index (χ0) is 20.4. The minimum Gasteiger partial charge on any atom is -0.351 e. The van der Waals surface area contributed by atoms with Crippen LogP contribution in [-0.4, -0.2) is 27.0 Å². The van der Waals surface area contributed by atoms with Crippen LogP contribution >= 0.6 is 0 Å². The van der Waals surface area contributed by atoms with Crippen molar-refractivity contribution in [2.45, 2.75) is 26.7 Å². The SMILES string of the molecule is Cc1ccc(-c2ccnc3c(C(=O)NC[C@H](C)c4ccccc4)cnn23)cc1C. The Bertz CT molecular complexity index is 1160. The Kier molecular flexibility index (Phi) is 5.12. The summed E-state index contributed by atoms with van der Waals surface area (Å²) in [5, 5.41) is 7.47. The number of amides is 1. The van der Waals surface area contributed by atoms with E-state index in [9.17, 15) is 4.79 Å². The van der Waals surface area contributed by atoms with Gasteiger partial charge in [-0.25, -0.2) is 9.50 Å². The normalized spacial score (nSPS) is 12.1. The third-order valence-electron chi connectivity index (χ3n) is 5.39. The molecule has 0 aliphatic rings. The highest BCUT2D eigenvalue weighted by Gasteiger charge is 2.17. The predicted octanol–water partition coefficient (Wildman–Crippen LogP) is 4.55. The number of aromatic nitrogens is 3. The standard InChI is InChI=1S/C24H24N4O/c1-16-9-10-20(13-17(16)2)22-11-12-25-23-21(15-27-28(22)23)24(29)26-14-18(3)19-7-5-4-6-8-19/h4-13,15,18H,14H2,1-3H3,(H,26,29)/t18-/m0/s1. The molecule has 0 saturated heterocycles. The van der Waals surface area contributed by atoms with Crippen LogP contribution in [0, 0.1) is 13.8 Å². The van der Waals surface area contributed by atoms with Gasteiger partial charge in [-0.1, -0.05) is 49.4 Å². The molecule has 4 rings (SSSR count). The number of rotatable bonds is 5. The Morgan fingerprint density at radius 3 is 2.62 bits per heavy atom. The van der Waals surface area contributed by atoms with Crippen LogP contribution in [0.2, 0.25) is 0 Å². The van der Waals surface area contributed by atoms with Crippen LogP contribution in [-0.2, 0) is 0 Å². The van der Waals surface area contributed by atoms with Crippen LogP contribution in [0.15, 0.2) is 67.0 Å².